The number of halogens is 1. The molecule has 0 saturated heterocycles. The van der Waals surface area contributed by atoms with Gasteiger partial charge in [0, 0.05) is 11.6 Å². The van der Waals surface area contributed by atoms with Gasteiger partial charge in [-0.3, -0.25) is 9.59 Å². The first-order chi connectivity index (χ1) is 13.1. The Bertz CT molecular complexity index is 726. The van der Waals surface area contributed by atoms with Crippen LogP contribution in [0.15, 0.2) is 54.6 Å². The molecule has 0 aliphatic heterocycles. The standard InChI is InChI=1S/C20H23ClN2O3S/c1-27-12-11-18(20(25)22-13-15-7-9-16(21)10-8-15)23-19(24)14-26-17-5-3-2-4-6-17/h2-10,18H,11-14H2,1H3,(H,22,25)(H,23,24). The lowest BCUT2D eigenvalue weighted by Gasteiger charge is -2.18. The van der Waals surface area contributed by atoms with Crippen LogP contribution in [-0.4, -0.2) is 36.5 Å². The summed E-state index contributed by atoms with van der Waals surface area (Å²) in [6.45, 7) is 0.242. The molecule has 1 atom stereocenters. The van der Waals surface area contributed by atoms with Crippen molar-refractivity contribution in [2.24, 2.45) is 0 Å². The zero-order chi connectivity index (χ0) is 19.5. The minimum Gasteiger partial charge on any atom is -0.484 e. The Balaban J connectivity index is 1.85. The van der Waals surface area contributed by atoms with E-state index in [1.165, 1.54) is 0 Å². The Kier molecular flexibility index (Phi) is 9.01. The minimum atomic E-state index is -0.600. The van der Waals surface area contributed by atoms with Crippen LogP contribution in [0.3, 0.4) is 0 Å². The van der Waals surface area contributed by atoms with E-state index >= 15 is 0 Å². The lowest BCUT2D eigenvalue weighted by Crippen LogP contribution is -2.48. The highest BCUT2D eigenvalue weighted by molar-refractivity contribution is 7.98. The van der Waals surface area contributed by atoms with Crippen molar-refractivity contribution in [1.29, 1.82) is 0 Å². The topological polar surface area (TPSA) is 67.4 Å². The Hall–Kier alpha value is -2.18. The fourth-order valence-corrected chi connectivity index (χ4v) is 2.92. The largest absolute Gasteiger partial charge is 0.484 e. The van der Waals surface area contributed by atoms with Crippen LogP contribution in [0.25, 0.3) is 0 Å². The van der Waals surface area contributed by atoms with Crippen LogP contribution in [0.4, 0.5) is 0 Å². The second-order valence-corrected chi connectivity index (χ2v) is 7.27. The molecule has 2 aromatic carbocycles. The normalized spacial score (nSPS) is 11.5. The Morgan fingerprint density at radius 3 is 2.48 bits per heavy atom. The van der Waals surface area contributed by atoms with Gasteiger partial charge in [0.05, 0.1) is 0 Å². The number of hydrogen-bond acceptors (Lipinski definition) is 4. The number of amides is 2. The van der Waals surface area contributed by atoms with Crippen LogP contribution in [0.2, 0.25) is 5.02 Å². The molecule has 0 fully saturated rings. The van der Waals surface area contributed by atoms with Crippen LogP contribution in [0.1, 0.15) is 12.0 Å². The first kappa shape index (κ1) is 21.1. The second kappa shape index (κ2) is 11.5. The highest BCUT2D eigenvalue weighted by atomic mass is 35.5. The smallest absolute Gasteiger partial charge is 0.258 e. The molecule has 1 unspecified atom stereocenters. The van der Waals surface area contributed by atoms with Crippen LogP contribution in [-0.2, 0) is 16.1 Å². The molecule has 2 N–H and O–H groups in total. The molecule has 7 heteroatoms. The lowest BCUT2D eigenvalue weighted by atomic mass is 10.2. The van der Waals surface area contributed by atoms with Crippen molar-refractivity contribution in [2.75, 3.05) is 18.6 Å². The zero-order valence-electron chi connectivity index (χ0n) is 15.1. The van der Waals surface area contributed by atoms with Crippen molar-refractivity contribution in [3.05, 3.63) is 65.2 Å². The summed E-state index contributed by atoms with van der Waals surface area (Å²) in [5, 5.41) is 6.26. The molecule has 2 amide bonds. The van der Waals surface area contributed by atoms with Crippen molar-refractivity contribution in [3.8, 4) is 5.75 Å². The highest BCUT2D eigenvalue weighted by Gasteiger charge is 2.20. The summed E-state index contributed by atoms with van der Waals surface area (Å²) in [7, 11) is 0. The maximum absolute atomic E-state index is 12.5. The van der Waals surface area contributed by atoms with Crippen molar-refractivity contribution in [3.63, 3.8) is 0 Å². The summed E-state index contributed by atoms with van der Waals surface area (Å²) in [4.78, 5) is 24.7. The van der Waals surface area contributed by atoms with Gasteiger partial charge in [-0.05, 0) is 48.3 Å². The molecule has 0 heterocycles. The SMILES string of the molecule is CSCCC(NC(=O)COc1ccccc1)C(=O)NCc1ccc(Cl)cc1. The monoisotopic (exact) mass is 406 g/mol. The van der Waals surface area contributed by atoms with Gasteiger partial charge in [0.2, 0.25) is 5.91 Å². The van der Waals surface area contributed by atoms with E-state index in [2.05, 4.69) is 10.6 Å². The number of rotatable bonds is 10. The summed E-state index contributed by atoms with van der Waals surface area (Å²) in [5.41, 5.74) is 0.940. The summed E-state index contributed by atoms with van der Waals surface area (Å²) >= 11 is 7.49. The predicted octanol–water partition coefficient (Wildman–Crippen LogP) is 3.27. The Morgan fingerprint density at radius 2 is 1.81 bits per heavy atom. The molecule has 0 aliphatic rings. The second-order valence-electron chi connectivity index (χ2n) is 5.85. The van der Waals surface area contributed by atoms with Crippen LogP contribution < -0.4 is 15.4 Å². The maximum Gasteiger partial charge on any atom is 0.258 e. The van der Waals surface area contributed by atoms with E-state index in [4.69, 9.17) is 16.3 Å². The number of nitrogens with one attached hydrogen (secondary N) is 2. The van der Waals surface area contributed by atoms with Gasteiger partial charge in [-0.1, -0.05) is 41.9 Å². The average Bonchev–Trinajstić information content (AvgIpc) is 2.69. The van der Waals surface area contributed by atoms with Crippen LogP contribution in [0, 0.1) is 0 Å². The molecular weight excluding hydrogens is 384 g/mol. The van der Waals surface area contributed by atoms with E-state index in [-0.39, 0.29) is 18.4 Å². The van der Waals surface area contributed by atoms with E-state index in [0.717, 1.165) is 11.3 Å². The zero-order valence-corrected chi connectivity index (χ0v) is 16.7. The molecule has 0 spiro atoms. The molecule has 27 heavy (non-hydrogen) atoms. The average molecular weight is 407 g/mol. The summed E-state index contributed by atoms with van der Waals surface area (Å²) < 4.78 is 5.43. The van der Waals surface area contributed by atoms with Crippen molar-refractivity contribution in [1.82, 2.24) is 10.6 Å². The highest BCUT2D eigenvalue weighted by Crippen LogP contribution is 2.10. The third kappa shape index (κ3) is 7.93. The molecule has 2 rings (SSSR count). The number of carbonyl (C=O) groups excluding carboxylic acids is 2. The molecule has 0 radical (unpaired) electrons. The molecule has 0 aliphatic carbocycles. The van der Waals surface area contributed by atoms with Crippen molar-refractivity contribution >= 4 is 35.2 Å². The predicted molar refractivity (Wildman–Crippen MR) is 110 cm³/mol. The number of benzene rings is 2. The van der Waals surface area contributed by atoms with Crippen molar-refractivity contribution < 1.29 is 14.3 Å². The maximum atomic E-state index is 12.5. The first-order valence-corrected chi connectivity index (χ1v) is 10.3. The lowest BCUT2D eigenvalue weighted by molar-refractivity contribution is -0.130. The van der Waals surface area contributed by atoms with E-state index in [1.807, 2.05) is 36.6 Å². The Labute approximate surface area is 168 Å². The van der Waals surface area contributed by atoms with Gasteiger partial charge in [0.1, 0.15) is 11.8 Å². The number of thioether (sulfide) groups is 1. The van der Waals surface area contributed by atoms with Crippen LogP contribution in [0.5, 0.6) is 5.75 Å². The van der Waals surface area contributed by atoms with E-state index in [0.29, 0.717) is 23.7 Å². The molecule has 144 valence electrons. The molecule has 2 aromatic rings. The van der Waals surface area contributed by atoms with Gasteiger partial charge in [0.15, 0.2) is 6.61 Å². The third-order valence-electron chi connectivity index (χ3n) is 3.76. The summed E-state index contributed by atoms with van der Waals surface area (Å²) in [6, 6.07) is 15.7. The number of carbonyl (C=O) groups is 2. The van der Waals surface area contributed by atoms with Gasteiger partial charge in [-0.15, -0.1) is 0 Å². The summed E-state index contributed by atoms with van der Waals surface area (Å²) in [6.07, 6.45) is 2.51. The number of para-hydroxylation sites is 1. The fraction of sp³-hybridized carbons (Fsp3) is 0.300. The molecule has 0 saturated carbocycles. The quantitative estimate of drug-likeness (QED) is 0.635. The van der Waals surface area contributed by atoms with Crippen LogP contribution >= 0.6 is 23.4 Å². The van der Waals surface area contributed by atoms with Gasteiger partial charge >= 0.3 is 0 Å². The molecule has 0 aromatic heterocycles. The van der Waals surface area contributed by atoms with Gasteiger partial charge in [-0.25, -0.2) is 0 Å². The van der Waals surface area contributed by atoms with Gasteiger partial charge < -0.3 is 15.4 Å². The van der Waals surface area contributed by atoms with Crippen molar-refractivity contribution in [2.45, 2.75) is 19.0 Å². The third-order valence-corrected chi connectivity index (χ3v) is 4.65. The number of ether oxygens (including phenoxy) is 1. The first-order valence-electron chi connectivity index (χ1n) is 8.57. The van der Waals surface area contributed by atoms with Gasteiger partial charge in [-0.2, -0.15) is 11.8 Å². The molecule has 5 nitrogen and oxygen atoms in total. The van der Waals surface area contributed by atoms with E-state index in [9.17, 15) is 9.59 Å². The Morgan fingerprint density at radius 1 is 1.11 bits per heavy atom. The fourth-order valence-electron chi connectivity index (χ4n) is 2.32. The minimum absolute atomic E-state index is 0.135. The number of hydrogen-bond donors (Lipinski definition) is 2. The van der Waals surface area contributed by atoms with E-state index < -0.39 is 6.04 Å². The summed E-state index contributed by atoms with van der Waals surface area (Å²) in [5.74, 6) is 0.831. The van der Waals surface area contributed by atoms with E-state index in [1.54, 1.807) is 36.0 Å². The molecule has 0 bridgehead atoms. The van der Waals surface area contributed by atoms with Gasteiger partial charge in [0.25, 0.3) is 5.91 Å². The molecular formula is C20H23ClN2O3S.